The lowest BCUT2D eigenvalue weighted by Gasteiger charge is -2.29. The Balaban J connectivity index is 1.28. The molecule has 1 aliphatic carbocycles. The van der Waals surface area contributed by atoms with Crippen LogP contribution in [0.15, 0.2) is 95.4 Å². The first kappa shape index (κ1) is 30.9. The number of carbonyl (C=O) groups excluding carboxylic acids is 1. The molecule has 2 saturated heterocycles. The Morgan fingerprint density at radius 3 is 2.21 bits per heavy atom. The molecule has 7 heteroatoms. The van der Waals surface area contributed by atoms with Crippen molar-refractivity contribution in [2.75, 3.05) is 56.1 Å². The van der Waals surface area contributed by atoms with Gasteiger partial charge in [0.05, 0.1) is 19.2 Å². The summed E-state index contributed by atoms with van der Waals surface area (Å²) in [6.45, 7) is 10.6. The van der Waals surface area contributed by atoms with Crippen LogP contribution in [-0.4, -0.2) is 62.9 Å². The van der Waals surface area contributed by atoms with Crippen LogP contribution in [-0.2, 0) is 4.74 Å². The zero-order valence-electron chi connectivity index (χ0n) is 28.0. The fourth-order valence-corrected chi connectivity index (χ4v) is 6.85. The SMILES string of the molecule is CN(c1ccccc1)c1ccc(-c2c3ccc(=[N+]4CCN(C(=O)OC(C)(C)C)CC4)cc-3oc3cc(N4CCCCC4)ccc23)cc1. The molecular formula is C40H45N4O3+. The monoisotopic (exact) mass is 629 g/mol. The minimum atomic E-state index is -0.499. The highest BCUT2D eigenvalue weighted by Crippen LogP contribution is 2.41. The summed E-state index contributed by atoms with van der Waals surface area (Å²) in [5.74, 6) is 0.862. The van der Waals surface area contributed by atoms with E-state index in [9.17, 15) is 4.79 Å². The second-order valence-electron chi connectivity index (χ2n) is 13.8. The van der Waals surface area contributed by atoms with Gasteiger partial charge >= 0.3 is 6.09 Å². The lowest BCUT2D eigenvalue weighted by molar-refractivity contribution is 0.0218. The number of anilines is 3. The molecule has 47 heavy (non-hydrogen) atoms. The van der Waals surface area contributed by atoms with Crippen LogP contribution >= 0.6 is 0 Å². The first-order valence-electron chi connectivity index (χ1n) is 16.9. The summed E-state index contributed by atoms with van der Waals surface area (Å²) < 4.78 is 14.7. The largest absolute Gasteiger partial charge is 0.456 e. The number of hydrogen-bond acceptors (Lipinski definition) is 5. The summed E-state index contributed by atoms with van der Waals surface area (Å²) in [5, 5.41) is 2.21. The van der Waals surface area contributed by atoms with Crippen LogP contribution in [0.3, 0.4) is 0 Å². The summed E-state index contributed by atoms with van der Waals surface area (Å²) in [5.41, 5.74) is 7.33. The van der Waals surface area contributed by atoms with E-state index in [2.05, 4.69) is 106 Å². The number of benzene rings is 4. The number of piperidine rings is 1. The van der Waals surface area contributed by atoms with Crippen LogP contribution in [0.4, 0.5) is 21.9 Å². The molecule has 2 fully saturated rings. The number of para-hydroxylation sites is 1. The minimum absolute atomic E-state index is 0.243. The Labute approximate surface area is 277 Å². The molecule has 3 heterocycles. The Kier molecular flexibility index (Phi) is 8.39. The molecule has 0 atom stereocenters. The van der Waals surface area contributed by atoms with Crippen molar-refractivity contribution in [3.05, 3.63) is 96.4 Å². The van der Waals surface area contributed by atoms with Gasteiger partial charge in [-0.05, 0) is 88.1 Å². The van der Waals surface area contributed by atoms with Crippen LogP contribution in [0.25, 0.3) is 33.4 Å². The zero-order valence-corrected chi connectivity index (χ0v) is 28.0. The molecule has 7 rings (SSSR count). The maximum Gasteiger partial charge on any atom is 0.410 e. The normalized spacial score (nSPS) is 15.7. The van der Waals surface area contributed by atoms with E-state index in [1.54, 1.807) is 4.90 Å². The lowest BCUT2D eigenvalue weighted by Crippen LogP contribution is -2.51. The molecule has 0 radical (unpaired) electrons. The van der Waals surface area contributed by atoms with Crippen molar-refractivity contribution >= 4 is 34.1 Å². The minimum Gasteiger partial charge on any atom is -0.456 e. The smallest absolute Gasteiger partial charge is 0.410 e. The number of carbonyl (C=O) groups is 1. The topological polar surface area (TPSA) is 52.2 Å². The molecule has 0 aromatic heterocycles. The van der Waals surface area contributed by atoms with Gasteiger partial charge in [-0.3, -0.25) is 4.90 Å². The van der Waals surface area contributed by atoms with Crippen molar-refractivity contribution < 1.29 is 13.9 Å². The quantitative estimate of drug-likeness (QED) is 0.149. The summed E-state index contributed by atoms with van der Waals surface area (Å²) in [6, 6.07) is 32.6. The number of ether oxygens (including phenoxy) is 1. The third-order valence-corrected chi connectivity index (χ3v) is 9.39. The predicted octanol–water partition coefficient (Wildman–Crippen LogP) is 7.99. The molecule has 0 spiro atoms. The van der Waals surface area contributed by atoms with Crippen molar-refractivity contribution in [3.63, 3.8) is 0 Å². The summed E-state index contributed by atoms with van der Waals surface area (Å²) >= 11 is 0. The van der Waals surface area contributed by atoms with Crippen molar-refractivity contribution in [3.8, 4) is 22.5 Å². The van der Waals surface area contributed by atoms with Gasteiger partial charge in [-0.2, -0.15) is 0 Å². The molecule has 3 aliphatic heterocycles. The van der Waals surface area contributed by atoms with Gasteiger partial charge in [0.25, 0.3) is 0 Å². The first-order chi connectivity index (χ1) is 22.7. The number of fused-ring (bicyclic) bond motifs is 2. The molecule has 4 aliphatic rings. The van der Waals surface area contributed by atoms with Crippen molar-refractivity contribution in [1.82, 2.24) is 9.48 Å². The lowest BCUT2D eigenvalue weighted by atomic mass is 9.93. The van der Waals surface area contributed by atoms with Gasteiger partial charge in [0.15, 0.2) is 13.1 Å². The highest BCUT2D eigenvalue weighted by atomic mass is 16.6. The molecule has 3 aromatic carbocycles. The van der Waals surface area contributed by atoms with E-state index in [4.69, 9.17) is 9.15 Å². The number of nitrogens with zero attached hydrogens (tertiary/aromatic N) is 4. The fourth-order valence-electron chi connectivity index (χ4n) is 6.85. The molecule has 1 amide bonds. The highest BCUT2D eigenvalue weighted by Gasteiger charge is 2.28. The molecule has 242 valence electrons. The van der Waals surface area contributed by atoms with E-state index in [0.717, 1.165) is 70.8 Å². The second kappa shape index (κ2) is 12.8. The molecule has 0 bridgehead atoms. The van der Waals surface area contributed by atoms with Gasteiger partial charge in [-0.1, -0.05) is 30.3 Å². The van der Waals surface area contributed by atoms with Gasteiger partial charge in [-0.15, -0.1) is 0 Å². The number of piperazine rings is 1. The third-order valence-electron chi connectivity index (χ3n) is 9.39. The highest BCUT2D eigenvalue weighted by molar-refractivity contribution is 6.02. The average Bonchev–Trinajstić information content (AvgIpc) is 3.10. The standard InChI is InChI=1S/C40H45N4O3/c1-40(2,3)47-39(45)44-25-23-43(24-26-44)33-18-20-35-37(28-33)46-36-27-32(42-21-9-6-10-22-42)17-19-34(36)38(35)29-13-15-31(16-14-29)41(4)30-11-7-5-8-12-30/h5,7-8,11-20,27-28H,6,9-10,21-26H2,1-4H3/q+1. The zero-order chi connectivity index (χ0) is 32.5. The number of rotatable bonds is 4. The van der Waals surface area contributed by atoms with E-state index in [1.807, 2.05) is 26.8 Å². The maximum atomic E-state index is 12.7. The van der Waals surface area contributed by atoms with Crippen molar-refractivity contribution in [1.29, 1.82) is 0 Å². The Hall–Kier alpha value is -4.78. The third kappa shape index (κ3) is 6.57. The summed E-state index contributed by atoms with van der Waals surface area (Å²) in [4.78, 5) is 19.2. The van der Waals surface area contributed by atoms with Gasteiger partial charge in [0, 0.05) is 65.8 Å². The van der Waals surface area contributed by atoms with Crippen LogP contribution in [0.5, 0.6) is 0 Å². The first-order valence-corrected chi connectivity index (χ1v) is 16.9. The van der Waals surface area contributed by atoms with Crippen LogP contribution < -0.4 is 19.7 Å². The molecular weight excluding hydrogens is 584 g/mol. The summed E-state index contributed by atoms with van der Waals surface area (Å²) in [7, 11) is 2.10. The van der Waals surface area contributed by atoms with Gasteiger partial charge < -0.3 is 19.0 Å². The predicted molar refractivity (Wildman–Crippen MR) is 192 cm³/mol. The van der Waals surface area contributed by atoms with Crippen molar-refractivity contribution in [2.24, 2.45) is 0 Å². The van der Waals surface area contributed by atoms with Crippen molar-refractivity contribution in [2.45, 2.75) is 45.6 Å². The molecule has 7 nitrogen and oxygen atoms in total. The Morgan fingerprint density at radius 1 is 0.809 bits per heavy atom. The maximum absolute atomic E-state index is 12.7. The molecule has 3 aromatic rings. The van der Waals surface area contributed by atoms with E-state index in [1.165, 1.54) is 30.5 Å². The van der Waals surface area contributed by atoms with Crippen LogP contribution in [0.1, 0.15) is 40.0 Å². The average molecular weight is 630 g/mol. The summed E-state index contributed by atoms with van der Waals surface area (Å²) in [6.07, 6.45) is 3.51. The van der Waals surface area contributed by atoms with Gasteiger partial charge in [0.1, 0.15) is 16.9 Å². The van der Waals surface area contributed by atoms with Crippen LogP contribution in [0, 0.1) is 0 Å². The van der Waals surface area contributed by atoms with Gasteiger partial charge in [0.2, 0.25) is 5.36 Å². The van der Waals surface area contributed by atoms with E-state index >= 15 is 0 Å². The van der Waals surface area contributed by atoms with Crippen LogP contribution in [0.2, 0.25) is 0 Å². The number of amides is 1. The van der Waals surface area contributed by atoms with E-state index in [0.29, 0.717) is 13.1 Å². The molecule has 0 saturated carbocycles. The van der Waals surface area contributed by atoms with Gasteiger partial charge in [-0.25, -0.2) is 9.37 Å². The van der Waals surface area contributed by atoms with E-state index in [-0.39, 0.29) is 6.09 Å². The van der Waals surface area contributed by atoms with E-state index < -0.39 is 5.60 Å². The Morgan fingerprint density at radius 2 is 1.51 bits per heavy atom. The fraction of sp³-hybridized carbons (Fsp3) is 0.350. The molecule has 0 N–H and O–H groups in total. The number of hydrogen-bond donors (Lipinski definition) is 0. The Bertz CT molecular complexity index is 1910. The second-order valence-corrected chi connectivity index (χ2v) is 13.8. The molecule has 0 unspecified atom stereocenters.